The molecule has 3 rings (SSSR count). The first-order chi connectivity index (χ1) is 14.8. The van der Waals surface area contributed by atoms with E-state index in [-0.39, 0.29) is 24.1 Å². The van der Waals surface area contributed by atoms with Crippen LogP contribution in [-0.2, 0) is 16.2 Å². The van der Waals surface area contributed by atoms with Crippen molar-refractivity contribution in [3.8, 4) is 5.75 Å². The molecule has 0 aliphatic carbocycles. The van der Waals surface area contributed by atoms with Gasteiger partial charge in [-0.25, -0.2) is 5.43 Å². The van der Waals surface area contributed by atoms with Gasteiger partial charge < -0.3 is 4.74 Å². The summed E-state index contributed by atoms with van der Waals surface area (Å²) in [5.74, 6) is 0.189. The Bertz CT molecular complexity index is 929. The fraction of sp³-hybridized carbons (Fsp3) is 0.348. The van der Waals surface area contributed by atoms with E-state index < -0.39 is 6.04 Å². The molecule has 3 amide bonds. The molecule has 1 aliphatic heterocycles. The lowest BCUT2D eigenvalue weighted by molar-refractivity contribution is -0.139. The minimum Gasteiger partial charge on any atom is -0.489 e. The second-order valence-corrected chi connectivity index (χ2v) is 8.30. The maximum Gasteiger partial charge on any atom is 0.265 e. The van der Waals surface area contributed by atoms with Crippen LogP contribution >= 0.6 is 11.6 Å². The first kappa shape index (κ1) is 22.8. The Kier molecular flexibility index (Phi) is 7.65. The SMILES string of the molecule is CC(C)CCN1C(=O)CC(NNC(=O)c2ccc(COc3ccc(Cl)cc3)cc2)C1=O. The van der Waals surface area contributed by atoms with E-state index in [9.17, 15) is 14.4 Å². The third-order valence-corrected chi connectivity index (χ3v) is 5.22. The number of hydrogen-bond acceptors (Lipinski definition) is 5. The van der Waals surface area contributed by atoms with Crippen LogP contribution in [0.2, 0.25) is 5.02 Å². The van der Waals surface area contributed by atoms with Gasteiger partial charge in [0, 0.05) is 17.1 Å². The molecule has 2 aromatic rings. The van der Waals surface area contributed by atoms with Crippen molar-refractivity contribution in [1.29, 1.82) is 0 Å². The van der Waals surface area contributed by atoms with Crippen LogP contribution in [0.1, 0.15) is 42.6 Å². The Hall–Kier alpha value is -2.90. The first-order valence-electron chi connectivity index (χ1n) is 10.2. The number of carbonyl (C=O) groups is 3. The molecule has 0 bridgehead atoms. The van der Waals surface area contributed by atoms with Crippen LogP contribution in [0.15, 0.2) is 48.5 Å². The maximum atomic E-state index is 12.4. The summed E-state index contributed by atoms with van der Waals surface area (Å²) in [6.45, 7) is 4.83. The highest BCUT2D eigenvalue weighted by Crippen LogP contribution is 2.17. The number of rotatable bonds is 9. The molecule has 7 nitrogen and oxygen atoms in total. The topological polar surface area (TPSA) is 87.7 Å². The molecule has 1 saturated heterocycles. The van der Waals surface area contributed by atoms with Crippen molar-refractivity contribution in [2.45, 2.75) is 39.3 Å². The van der Waals surface area contributed by atoms with Crippen LogP contribution < -0.4 is 15.6 Å². The largest absolute Gasteiger partial charge is 0.489 e. The number of carbonyl (C=O) groups excluding carboxylic acids is 3. The summed E-state index contributed by atoms with van der Waals surface area (Å²) in [4.78, 5) is 38.1. The van der Waals surface area contributed by atoms with E-state index in [4.69, 9.17) is 16.3 Å². The van der Waals surface area contributed by atoms with Gasteiger partial charge in [-0.1, -0.05) is 37.6 Å². The second-order valence-electron chi connectivity index (χ2n) is 7.86. The Labute approximate surface area is 186 Å². The van der Waals surface area contributed by atoms with Crippen LogP contribution in [0, 0.1) is 5.92 Å². The Morgan fingerprint density at radius 3 is 2.45 bits per heavy atom. The first-order valence-corrected chi connectivity index (χ1v) is 10.6. The quantitative estimate of drug-likeness (QED) is 0.458. The van der Waals surface area contributed by atoms with E-state index in [0.29, 0.717) is 35.4 Å². The number of hydrazine groups is 1. The van der Waals surface area contributed by atoms with Crippen molar-refractivity contribution in [3.05, 3.63) is 64.7 Å². The van der Waals surface area contributed by atoms with E-state index in [1.54, 1.807) is 48.5 Å². The summed E-state index contributed by atoms with van der Waals surface area (Å²) in [6.07, 6.45) is 0.794. The maximum absolute atomic E-state index is 12.4. The number of halogens is 1. The molecule has 1 aliphatic rings. The van der Waals surface area contributed by atoms with Crippen LogP contribution in [-0.4, -0.2) is 35.2 Å². The van der Waals surface area contributed by atoms with Gasteiger partial charge >= 0.3 is 0 Å². The number of amides is 3. The van der Waals surface area contributed by atoms with Crippen molar-refractivity contribution in [2.75, 3.05) is 6.54 Å². The number of benzene rings is 2. The zero-order valence-corrected chi connectivity index (χ0v) is 18.3. The minimum absolute atomic E-state index is 0.0399. The molecule has 1 atom stereocenters. The number of nitrogens with one attached hydrogen (secondary N) is 2. The van der Waals surface area contributed by atoms with Crippen LogP contribution in [0.25, 0.3) is 0 Å². The minimum atomic E-state index is -0.740. The van der Waals surface area contributed by atoms with Gasteiger partial charge in [0.15, 0.2) is 0 Å². The normalized spacial score (nSPS) is 16.1. The molecule has 0 radical (unpaired) electrons. The molecule has 8 heteroatoms. The lowest BCUT2D eigenvalue weighted by atomic mass is 10.1. The third kappa shape index (κ3) is 6.29. The monoisotopic (exact) mass is 443 g/mol. The number of nitrogens with zero attached hydrogens (tertiary/aromatic N) is 1. The zero-order chi connectivity index (χ0) is 22.4. The average molecular weight is 444 g/mol. The van der Waals surface area contributed by atoms with E-state index >= 15 is 0 Å². The van der Waals surface area contributed by atoms with Crippen molar-refractivity contribution in [2.24, 2.45) is 5.92 Å². The van der Waals surface area contributed by atoms with Crippen molar-refractivity contribution in [3.63, 3.8) is 0 Å². The summed E-state index contributed by atoms with van der Waals surface area (Å²) in [7, 11) is 0. The van der Waals surface area contributed by atoms with Gasteiger partial charge in [-0.15, -0.1) is 0 Å². The second kappa shape index (κ2) is 10.4. The Morgan fingerprint density at radius 2 is 1.81 bits per heavy atom. The van der Waals surface area contributed by atoms with Gasteiger partial charge in [-0.2, -0.15) is 0 Å². The van der Waals surface area contributed by atoms with Crippen LogP contribution in [0.3, 0.4) is 0 Å². The van der Waals surface area contributed by atoms with Gasteiger partial charge in [-0.3, -0.25) is 24.7 Å². The van der Waals surface area contributed by atoms with Crippen molar-refractivity contribution < 1.29 is 19.1 Å². The summed E-state index contributed by atoms with van der Waals surface area (Å²) in [6, 6.07) is 13.3. The molecule has 0 spiro atoms. The molecule has 1 fully saturated rings. The molecular weight excluding hydrogens is 418 g/mol. The number of ether oxygens (including phenoxy) is 1. The van der Waals surface area contributed by atoms with E-state index in [1.807, 2.05) is 13.8 Å². The highest BCUT2D eigenvalue weighted by atomic mass is 35.5. The standard InChI is InChI=1S/C23H26ClN3O4/c1-15(2)11-12-27-21(28)13-20(23(27)30)25-26-22(29)17-5-3-16(4-6-17)14-31-19-9-7-18(24)8-10-19/h3-10,15,20,25H,11-14H2,1-2H3,(H,26,29). The summed E-state index contributed by atoms with van der Waals surface area (Å²) in [5.41, 5.74) is 6.55. The fourth-order valence-electron chi connectivity index (χ4n) is 3.09. The average Bonchev–Trinajstić information content (AvgIpc) is 3.03. The molecular formula is C23H26ClN3O4. The number of hydrogen-bond donors (Lipinski definition) is 2. The highest BCUT2D eigenvalue weighted by Gasteiger charge is 2.38. The molecule has 0 saturated carbocycles. The zero-order valence-electron chi connectivity index (χ0n) is 17.6. The van der Waals surface area contributed by atoms with E-state index in [0.717, 1.165) is 12.0 Å². The molecule has 31 heavy (non-hydrogen) atoms. The highest BCUT2D eigenvalue weighted by molar-refractivity contribution is 6.30. The fourth-order valence-corrected chi connectivity index (χ4v) is 3.22. The summed E-state index contributed by atoms with van der Waals surface area (Å²) in [5, 5.41) is 0.642. The summed E-state index contributed by atoms with van der Waals surface area (Å²) < 4.78 is 5.68. The third-order valence-electron chi connectivity index (χ3n) is 4.97. The molecule has 2 N–H and O–H groups in total. The van der Waals surface area contributed by atoms with Gasteiger partial charge in [0.25, 0.3) is 5.91 Å². The Balaban J connectivity index is 1.47. The van der Waals surface area contributed by atoms with Gasteiger partial charge in [0.2, 0.25) is 11.8 Å². The Morgan fingerprint density at radius 1 is 1.13 bits per heavy atom. The number of imide groups is 1. The van der Waals surface area contributed by atoms with E-state index in [2.05, 4.69) is 10.9 Å². The molecule has 164 valence electrons. The molecule has 1 heterocycles. The van der Waals surface area contributed by atoms with Crippen molar-refractivity contribution >= 4 is 29.3 Å². The molecule has 1 unspecified atom stereocenters. The smallest absolute Gasteiger partial charge is 0.265 e. The molecule has 2 aromatic carbocycles. The van der Waals surface area contributed by atoms with Crippen molar-refractivity contribution in [1.82, 2.24) is 15.8 Å². The summed E-state index contributed by atoms with van der Waals surface area (Å²) >= 11 is 5.85. The lowest BCUT2D eigenvalue weighted by Gasteiger charge is -2.16. The van der Waals surface area contributed by atoms with E-state index in [1.165, 1.54) is 4.90 Å². The lowest BCUT2D eigenvalue weighted by Crippen LogP contribution is -2.48. The van der Waals surface area contributed by atoms with Gasteiger partial charge in [-0.05, 0) is 54.3 Å². The number of likely N-dealkylation sites (tertiary alicyclic amines) is 1. The predicted octanol–water partition coefficient (Wildman–Crippen LogP) is 3.33. The van der Waals surface area contributed by atoms with Gasteiger partial charge in [0.05, 0.1) is 6.42 Å². The van der Waals surface area contributed by atoms with Crippen LogP contribution in [0.4, 0.5) is 0 Å². The van der Waals surface area contributed by atoms with Crippen LogP contribution in [0.5, 0.6) is 5.75 Å². The molecule has 0 aromatic heterocycles. The van der Waals surface area contributed by atoms with Gasteiger partial charge in [0.1, 0.15) is 18.4 Å². The predicted molar refractivity (Wildman–Crippen MR) is 117 cm³/mol.